The van der Waals surface area contributed by atoms with Crippen LogP contribution in [0.1, 0.15) is 55.9 Å². The number of ether oxygens (including phenoxy) is 1. The number of alkyl carbamates (subject to hydrolysis) is 1. The summed E-state index contributed by atoms with van der Waals surface area (Å²) in [7, 11) is -0.686. The van der Waals surface area contributed by atoms with Crippen molar-refractivity contribution >= 4 is 19.3 Å². The molecule has 0 saturated carbocycles. The van der Waals surface area contributed by atoms with E-state index in [0.717, 1.165) is 16.7 Å². The van der Waals surface area contributed by atoms with Gasteiger partial charge in [-0.3, -0.25) is 0 Å². The van der Waals surface area contributed by atoms with Gasteiger partial charge >= 0.3 is 13.2 Å². The van der Waals surface area contributed by atoms with Gasteiger partial charge in [0.1, 0.15) is 12.4 Å². The Morgan fingerprint density at radius 3 is 2.16 bits per heavy atom. The van der Waals surface area contributed by atoms with E-state index in [4.69, 9.17) is 14.0 Å². The molecule has 0 unspecified atom stereocenters. The summed E-state index contributed by atoms with van der Waals surface area (Å²) in [4.78, 5) is 12.9. The van der Waals surface area contributed by atoms with E-state index >= 15 is 0 Å². The summed E-state index contributed by atoms with van der Waals surface area (Å²) < 4.78 is 18.2. The Bertz CT molecular complexity index is 1340. The van der Waals surface area contributed by atoms with Gasteiger partial charge < -0.3 is 24.5 Å². The molecule has 3 aromatic carbocycles. The first kappa shape index (κ1) is 26.1. The van der Waals surface area contributed by atoms with Gasteiger partial charge in [0.05, 0.1) is 11.2 Å². The molecule has 0 bridgehead atoms. The van der Waals surface area contributed by atoms with Crippen LogP contribution in [0.4, 0.5) is 4.79 Å². The molecule has 2 N–H and O–H groups in total. The second kappa shape index (κ2) is 9.97. The Kier molecular flexibility index (Phi) is 6.84. The fraction of sp³-hybridized carbons (Fsp3) is 0.323. The van der Waals surface area contributed by atoms with Crippen molar-refractivity contribution in [3.8, 4) is 16.9 Å². The van der Waals surface area contributed by atoms with Crippen molar-refractivity contribution in [2.24, 2.45) is 0 Å². The van der Waals surface area contributed by atoms with Crippen LogP contribution in [0.25, 0.3) is 17.2 Å². The zero-order valence-corrected chi connectivity index (χ0v) is 22.6. The summed E-state index contributed by atoms with van der Waals surface area (Å²) in [6.07, 6.45) is 1.29. The van der Waals surface area contributed by atoms with Gasteiger partial charge in [0.25, 0.3) is 0 Å². The molecule has 1 aliphatic carbocycles. The number of hydrogen-bond donors (Lipinski definition) is 2. The standard InChI is InChI=1S/C31H34BNO5/c1-20-14-15-28(34)21(16-20)17-22(32-37-30(2,3)31(4,5)38-32)18-33-29(35)36-19-27-25-12-8-6-10-23(25)24-11-7-9-13-26(24)27/h6-17,27,34H,18-19H2,1-5H3,(H,33,35). The number of hydrogen-bond acceptors (Lipinski definition) is 5. The number of carbonyl (C=O) groups is 1. The molecule has 1 fully saturated rings. The minimum atomic E-state index is -0.686. The zero-order chi connectivity index (χ0) is 27.1. The van der Waals surface area contributed by atoms with Crippen molar-refractivity contribution in [1.82, 2.24) is 5.32 Å². The molecule has 5 rings (SSSR count). The maximum atomic E-state index is 12.9. The van der Waals surface area contributed by atoms with Gasteiger partial charge in [-0.1, -0.05) is 66.2 Å². The van der Waals surface area contributed by atoms with E-state index in [2.05, 4.69) is 29.6 Å². The van der Waals surface area contributed by atoms with E-state index in [1.165, 1.54) is 11.1 Å². The Morgan fingerprint density at radius 1 is 0.974 bits per heavy atom. The molecule has 2 aliphatic rings. The highest BCUT2D eigenvalue weighted by molar-refractivity contribution is 6.56. The van der Waals surface area contributed by atoms with Crippen molar-refractivity contribution < 1.29 is 23.9 Å². The number of carbonyl (C=O) groups excluding carboxylic acids is 1. The van der Waals surface area contributed by atoms with Gasteiger partial charge in [0, 0.05) is 18.0 Å². The van der Waals surface area contributed by atoms with Crippen LogP contribution in [0.3, 0.4) is 0 Å². The SMILES string of the molecule is Cc1ccc(O)c(C=C(CNC(=O)OCC2c3ccccc3-c3ccccc32)B2OC(C)(C)C(C)(C)O2)c1. The number of aryl methyl sites for hydroxylation is 1. The summed E-state index contributed by atoms with van der Waals surface area (Å²) in [6.45, 7) is 10.2. The third-order valence-corrected chi connectivity index (χ3v) is 7.86. The number of phenolic OH excluding ortho intramolecular Hbond substituents is 1. The lowest BCUT2D eigenvalue weighted by atomic mass is 9.77. The monoisotopic (exact) mass is 511 g/mol. The summed E-state index contributed by atoms with van der Waals surface area (Å²) in [6, 6.07) is 21.9. The van der Waals surface area contributed by atoms with Gasteiger partial charge in [0.15, 0.2) is 0 Å². The maximum Gasteiger partial charge on any atom is 0.492 e. The third-order valence-electron chi connectivity index (χ3n) is 7.86. The Hall–Kier alpha value is -3.55. The minimum Gasteiger partial charge on any atom is -0.507 e. The van der Waals surface area contributed by atoms with Gasteiger partial charge in [-0.25, -0.2) is 4.79 Å². The number of fused-ring (bicyclic) bond motifs is 3. The molecule has 1 heterocycles. The number of amides is 1. The molecule has 1 aliphatic heterocycles. The number of benzene rings is 3. The highest BCUT2D eigenvalue weighted by Gasteiger charge is 2.52. The highest BCUT2D eigenvalue weighted by atomic mass is 16.7. The van der Waals surface area contributed by atoms with E-state index in [1.54, 1.807) is 6.07 Å². The average molecular weight is 511 g/mol. The van der Waals surface area contributed by atoms with Crippen molar-refractivity contribution in [3.05, 3.63) is 94.5 Å². The van der Waals surface area contributed by atoms with Crippen LogP contribution in [0.15, 0.2) is 72.2 Å². The largest absolute Gasteiger partial charge is 0.507 e. The van der Waals surface area contributed by atoms with Crippen LogP contribution >= 0.6 is 0 Å². The highest BCUT2D eigenvalue weighted by Crippen LogP contribution is 2.44. The smallest absolute Gasteiger partial charge is 0.492 e. The van der Waals surface area contributed by atoms with Crippen LogP contribution in [-0.4, -0.2) is 42.7 Å². The lowest BCUT2D eigenvalue weighted by Gasteiger charge is -2.32. The Labute approximate surface area is 224 Å². The second-order valence-corrected chi connectivity index (χ2v) is 11.0. The van der Waals surface area contributed by atoms with E-state index in [9.17, 15) is 9.90 Å². The minimum absolute atomic E-state index is 0.0181. The predicted octanol–water partition coefficient (Wildman–Crippen LogP) is 6.25. The van der Waals surface area contributed by atoms with Crippen molar-refractivity contribution in [3.63, 3.8) is 0 Å². The fourth-order valence-corrected chi connectivity index (χ4v) is 5.01. The Balaban J connectivity index is 1.31. The molecular formula is C31H34BNO5. The molecule has 38 heavy (non-hydrogen) atoms. The van der Waals surface area contributed by atoms with Crippen molar-refractivity contribution in [2.45, 2.75) is 51.7 Å². The number of rotatable bonds is 6. The van der Waals surface area contributed by atoms with Crippen LogP contribution in [0, 0.1) is 6.92 Å². The summed E-state index contributed by atoms with van der Waals surface area (Å²) in [5.74, 6) is 0.126. The lowest BCUT2D eigenvalue weighted by molar-refractivity contribution is 0.00578. The first-order valence-electron chi connectivity index (χ1n) is 13.0. The molecule has 0 spiro atoms. The zero-order valence-electron chi connectivity index (χ0n) is 22.6. The molecule has 7 heteroatoms. The van der Waals surface area contributed by atoms with Gasteiger partial charge in [-0.2, -0.15) is 0 Å². The third kappa shape index (κ3) is 4.96. The quantitative estimate of drug-likeness (QED) is 0.383. The van der Waals surface area contributed by atoms with E-state index in [0.29, 0.717) is 11.0 Å². The summed E-state index contributed by atoms with van der Waals surface area (Å²) in [5, 5.41) is 13.3. The molecule has 1 saturated heterocycles. The molecule has 196 valence electrons. The summed E-state index contributed by atoms with van der Waals surface area (Å²) in [5.41, 5.74) is 5.91. The number of phenols is 1. The van der Waals surface area contributed by atoms with Gasteiger partial charge in [0.2, 0.25) is 0 Å². The van der Waals surface area contributed by atoms with E-state index in [-0.39, 0.29) is 24.8 Å². The molecule has 3 aromatic rings. The average Bonchev–Trinajstić information content (AvgIpc) is 3.31. The molecule has 0 atom stereocenters. The van der Waals surface area contributed by atoms with Crippen molar-refractivity contribution in [2.75, 3.05) is 13.2 Å². The molecule has 0 radical (unpaired) electrons. The molecule has 0 aromatic heterocycles. The van der Waals surface area contributed by atoms with E-state index in [1.807, 2.05) is 77.1 Å². The lowest BCUT2D eigenvalue weighted by Crippen LogP contribution is -2.41. The first-order valence-corrected chi connectivity index (χ1v) is 13.0. The van der Waals surface area contributed by atoms with Crippen LogP contribution in [0.5, 0.6) is 5.75 Å². The molecule has 1 amide bonds. The fourth-order valence-electron chi connectivity index (χ4n) is 5.01. The first-order chi connectivity index (χ1) is 18.1. The van der Waals surface area contributed by atoms with Crippen LogP contribution < -0.4 is 5.32 Å². The van der Waals surface area contributed by atoms with Crippen LogP contribution in [-0.2, 0) is 14.0 Å². The normalized spacial score (nSPS) is 17.7. The second-order valence-electron chi connectivity index (χ2n) is 11.0. The summed E-state index contributed by atoms with van der Waals surface area (Å²) >= 11 is 0. The molecular weight excluding hydrogens is 477 g/mol. The number of nitrogens with one attached hydrogen (secondary N) is 1. The van der Waals surface area contributed by atoms with Crippen LogP contribution in [0.2, 0.25) is 0 Å². The topological polar surface area (TPSA) is 77.0 Å². The maximum absolute atomic E-state index is 12.9. The van der Waals surface area contributed by atoms with Gasteiger partial charge in [-0.05, 0) is 74.5 Å². The molecule has 6 nitrogen and oxygen atoms in total. The predicted molar refractivity (Wildman–Crippen MR) is 150 cm³/mol. The van der Waals surface area contributed by atoms with E-state index < -0.39 is 24.4 Å². The Morgan fingerprint density at radius 2 is 1.55 bits per heavy atom. The number of aromatic hydroxyl groups is 1. The van der Waals surface area contributed by atoms with Crippen molar-refractivity contribution in [1.29, 1.82) is 0 Å². The van der Waals surface area contributed by atoms with Gasteiger partial charge in [-0.15, -0.1) is 0 Å².